The van der Waals surface area contributed by atoms with Gasteiger partial charge < -0.3 is 19.8 Å². The molecule has 1 unspecified atom stereocenters. The van der Waals surface area contributed by atoms with Crippen molar-refractivity contribution in [2.45, 2.75) is 22.5 Å². The lowest BCUT2D eigenvalue weighted by Gasteiger charge is -2.36. The number of fused-ring (bicyclic) bond motifs is 2. The molecule has 2 aromatic carbocycles. The number of rotatable bonds is 4. The molecule has 0 bridgehead atoms. The second kappa shape index (κ2) is 9.29. The van der Waals surface area contributed by atoms with Crippen LogP contribution in [0.2, 0.25) is 5.02 Å². The van der Waals surface area contributed by atoms with Crippen molar-refractivity contribution >= 4 is 52.5 Å². The van der Waals surface area contributed by atoms with Crippen LogP contribution in [0.1, 0.15) is 6.92 Å². The van der Waals surface area contributed by atoms with E-state index in [2.05, 4.69) is 0 Å². The van der Waals surface area contributed by atoms with Crippen molar-refractivity contribution in [3.8, 4) is 0 Å². The highest BCUT2D eigenvalue weighted by Gasteiger charge is 2.74. The summed E-state index contributed by atoms with van der Waals surface area (Å²) < 4.78 is -1.67. The fourth-order valence-corrected chi connectivity index (χ4v) is 8.99. The topological polar surface area (TPSA) is 81.2 Å². The Balaban J connectivity index is 1.48. The highest BCUT2D eigenvalue weighted by molar-refractivity contribution is 8.02. The minimum absolute atomic E-state index is 0.00805. The lowest BCUT2D eigenvalue weighted by Crippen LogP contribution is -2.54. The van der Waals surface area contributed by atoms with Gasteiger partial charge in [-0.05, 0) is 31.2 Å². The van der Waals surface area contributed by atoms with Crippen LogP contribution in [0, 0.1) is 11.8 Å². The molecule has 4 aliphatic heterocycles. The minimum Gasteiger partial charge on any atom is -0.395 e. The number of anilines is 2. The Morgan fingerprint density at radius 3 is 2.32 bits per heavy atom. The lowest BCUT2D eigenvalue weighted by atomic mass is 9.74. The molecule has 0 aliphatic carbocycles. The maximum atomic E-state index is 14.3. The number of carbonyl (C=O) groups is 3. The van der Waals surface area contributed by atoms with Crippen LogP contribution in [-0.2, 0) is 14.4 Å². The van der Waals surface area contributed by atoms with E-state index in [-0.39, 0.29) is 37.4 Å². The number of nitrogens with zero attached hydrogens (tertiary/aromatic N) is 3. The van der Waals surface area contributed by atoms with Gasteiger partial charge in [0.25, 0.3) is 5.91 Å². The first-order valence-electron chi connectivity index (χ1n) is 12.7. The van der Waals surface area contributed by atoms with E-state index in [0.717, 1.165) is 5.69 Å². The quantitative estimate of drug-likeness (QED) is 0.590. The van der Waals surface area contributed by atoms with Crippen molar-refractivity contribution < 1.29 is 19.5 Å². The number of halogens is 1. The van der Waals surface area contributed by atoms with E-state index < -0.39 is 27.4 Å². The normalized spacial score (nSPS) is 32.2. The van der Waals surface area contributed by atoms with Gasteiger partial charge in [0.05, 0.1) is 33.9 Å². The molecular formula is C29H28ClN3O4S. The number of para-hydroxylation sites is 2. The number of benzene rings is 2. The largest absolute Gasteiger partial charge is 0.395 e. The molecule has 0 aromatic heterocycles. The molecule has 9 heteroatoms. The summed E-state index contributed by atoms with van der Waals surface area (Å²) >= 11 is 8.00. The molecule has 4 heterocycles. The third-order valence-corrected chi connectivity index (χ3v) is 10.2. The Labute approximate surface area is 230 Å². The van der Waals surface area contributed by atoms with Gasteiger partial charge in [-0.1, -0.05) is 66.2 Å². The number of aliphatic hydroxyl groups excluding tert-OH is 1. The maximum absolute atomic E-state index is 14.3. The van der Waals surface area contributed by atoms with Crippen molar-refractivity contribution in [2.75, 3.05) is 36.0 Å². The number of amides is 3. The smallest absolute Gasteiger partial charge is 0.251 e. The maximum Gasteiger partial charge on any atom is 0.251 e. The van der Waals surface area contributed by atoms with E-state index in [9.17, 15) is 19.5 Å². The summed E-state index contributed by atoms with van der Waals surface area (Å²) in [7, 11) is 0. The first kappa shape index (κ1) is 25.2. The molecule has 196 valence electrons. The molecule has 2 aromatic rings. The van der Waals surface area contributed by atoms with Crippen LogP contribution >= 0.6 is 23.4 Å². The standard InChI is InChI=1S/C29H28ClN3O4S/c1-28-13-7-15-31(19-9-3-2-4-10-19)25(35)22(28)23-26(36)33(17-18-34)24-27(37)32(16-8-14-29(23,24)38-28)21-12-6-5-11-20(21)30/h2-14,22-24,34H,15-18H2,1H3/t22-,23+,24?,28+,29+/m1/s1. The molecule has 2 saturated heterocycles. The van der Waals surface area contributed by atoms with E-state index >= 15 is 0 Å². The molecule has 7 nitrogen and oxygen atoms in total. The number of thioether (sulfide) groups is 1. The predicted molar refractivity (Wildman–Crippen MR) is 149 cm³/mol. The molecule has 3 amide bonds. The fourth-order valence-electron chi connectivity index (χ4n) is 6.60. The Hall–Kier alpha value is -3.07. The first-order chi connectivity index (χ1) is 18.3. The molecule has 6 rings (SSSR count). The van der Waals surface area contributed by atoms with Gasteiger partial charge in [0.2, 0.25) is 11.8 Å². The van der Waals surface area contributed by atoms with Crippen LogP contribution in [-0.4, -0.2) is 69.5 Å². The van der Waals surface area contributed by atoms with Crippen LogP contribution in [0.4, 0.5) is 11.4 Å². The molecule has 2 fully saturated rings. The number of aliphatic hydroxyl groups is 1. The van der Waals surface area contributed by atoms with Crippen LogP contribution in [0.3, 0.4) is 0 Å². The number of carbonyl (C=O) groups excluding carboxylic acids is 3. The Bertz CT molecular complexity index is 1370. The van der Waals surface area contributed by atoms with Gasteiger partial charge in [0.1, 0.15) is 6.04 Å². The van der Waals surface area contributed by atoms with Gasteiger partial charge in [-0.2, -0.15) is 0 Å². The molecular weight excluding hydrogens is 522 g/mol. The molecule has 1 spiro atoms. The molecule has 0 saturated carbocycles. The van der Waals surface area contributed by atoms with E-state index in [1.54, 1.807) is 28.0 Å². The van der Waals surface area contributed by atoms with Gasteiger partial charge >= 0.3 is 0 Å². The summed E-state index contributed by atoms with van der Waals surface area (Å²) in [5, 5.41) is 10.3. The molecule has 4 aliphatic rings. The highest BCUT2D eigenvalue weighted by Crippen LogP contribution is 2.65. The van der Waals surface area contributed by atoms with E-state index in [4.69, 9.17) is 11.6 Å². The molecule has 38 heavy (non-hydrogen) atoms. The zero-order valence-corrected chi connectivity index (χ0v) is 22.4. The van der Waals surface area contributed by atoms with E-state index in [1.807, 2.05) is 67.6 Å². The summed E-state index contributed by atoms with van der Waals surface area (Å²) in [6.45, 7) is 2.41. The van der Waals surface area contributed by atoms with E-state index in [1.165, 1.54) is 16.7 Å². The van der Waals surface area contributed by atoms with Crippen molar-refractivity contribution in [3.63, 3.8) is 0 Å². The van der Waals surface area contributed by atoms with Gasteiger partial charge in [0.15, 0.2) is 0 Å². The van der Waals surface area contributed by atoms with Crippen molar-refractivity contribution in [1.82, 2.24) is 4.90 Å². The first-order valence-corrected chi connectivity index (χ1v) is 13.9. The average Bonchev–Trinajstić information content (AvgIpc) is 3.16. The Kier molecular flexibility index (Phi) is 6.17. The summed E-state index contributed by atoms with van der Waals surface area (Å²) in [5.41, 5.74) is 1.33. The summed E-state index contributed by atoms with van der Waals surface area (Å²) in [5.74, 6) is -2.13. The van der Waals surface area contributed by atoms with E-state index in [0.29, 0.717) is 17.3 Å². The Morgan fingerprint density at radius 2 is 1.58 bits per heavy atom. The number of hydrogen-bond donors (Lipinski definition) is 1. The number of hydrogen-bond acceptors (Lipinski definition) is 5. The zero-order chi connectivity index (χ0) is 26.7. The van der Waals surface area contributed by atoms with Gasteiger partial charge in [0, 0.05) is 30.1 Å². The number of likely N-dealkylation sites (tertiary alicyclic amines) is 1. The van der Waals surface area contributed by atoms with Crippen LogP contribution in [0.15, 0.2) is 78.9 Å². The third-order valence-electron chi connectivity index (χ3n) is 8.11. The second-order valence-electron chi connectivity index (χ2n) is 10.2. The number of β-amino-alcohol motifs (C(OH)–C–C–N with tert-alkyl or cyclic N) is 1. The summed E-state index contributed by atoms with van der Waals surface area (Å²) in [6.07, 6.45) is 7.89. The molecule has 1 N–H and O–H groups in total. The van der Waals surface area contributed by atoms with Crippen molar-refractivity contribution in [1.29, 1.82) is 0 Å². The minimum atomic E-state index is -0.974. The molecule has 0 radical (unpaired) electrons. The summed E-state index contributed by atoms with van der Waals surface area (Å²) in [4.78, 5) is 47.6. The second-order valence-corrected chi connectivity index (χ2v) is 12.4. The van der Waals surface area contributed by atoms with Gasteiger partial charge in [-0.15, -0.1) is 11.8 Å². The third kappa shape index (κ3) is 3.57. The summed E-state index contributed by atoms with van der Waals surface area (Å²) in [6, 6.07) is 15.7. The lowest BCUT2D eigenvalue weighted by molar-refractivity contribution is -0.139. The van der Waals surface area contributed by atoms with Crippen molar-refractivity contribution in [2.24, 2.45) is 11.8 Å². The zero-order valence-electron chi connectivity index (χ0n) is 20.9. The highest BCUT2D eigenvalue weighted by atomic mass is 35.5. The monoisotopic (exact) mass is 549 g/mol. The fraction of sp³-hybridized carbons (Fsp3) is 0.345. The van der Waals surface area contributed by atoms with Crippen LogP contribution < -0.4 is 9.80 Å². The Morgan fingerprint density at radius 1 is 0.895 bits per heavy atom. The SMILES string of the molecule is C[C@]12C=CCN(c3ccccc3)C(=O)[C@H]1[C@H]1C(=O)N(CCO)C3C(=O)N(c4ccccc4Cl)CC=C[C@@]31S2. The van der Waals surface area contributed by atoms with Crippen molar-refractivity contribution in [3.05, 3.63) is 83.9 Å². The van der Waals surface area contributed by atoms with Crippen LogP contribution in [0.5, 0.6) is 0 Å². The predicted octanol–water partition coefficient (Wildman–Crippen LogP) is 3.53. The van der Waals surface area contributed by atoms with Crippen LogP contribution in [0.25, 0.3) is 0 Å². The van der Waals surface area contributed by atoms with Gasteiger partial charge in [-0.25, -0.2) is 0 Å². The van der Waals surface area contributed by atoms with Gasteiger partial charge in [-0.3, -0.25) is 14.4 Å². The molecule has 5 atom stereocenters. The average molecular weight is 550 g/mol.